The predicted octanol–water partition coefficient (Wildman–Crippen LogP) is 1.24. The van der Waals surface area contributed by atoms with Gasteiger partial charge in [-0.05, 0) is 20.8 Å². The first kappa shape index (κ1) is 17.1. The van der Waals surface area contributed by atoms with E-state index in [0.717, 1.165) is 5.69 Å². The van der Waals surface area contributed by atoms with Crippen LogP contribution in [-0.2, 0) is 0 Å². The lowest BCUT2D eigenvalue weighted by Gasteiger charge is -2.35. The van der Waals surface area contributed by atoms with Gasteiger partial charge in [0.25, 0.3) is 5.91 Å². The topological polar surface area (TPSA) is 84.3 Å². The van der Waals surface area contributed by atoms with Crippen LogP contribution in [0.2, 0.25) is 0 Å². The van der Waals surface area contributed by atoms with Gasteiger partial charge in [-0.2, -0.15) is 4.98 Å². The van der Waals surface area contributed by atoms with E-state index in [-0.39, 0.29) is 5.91 Å². The van der Waals surface area contributed by atoms with Gasteiger partial charge in [-0.1, -0.05) is 0 Å². The second-order valence-electron chi connectivity index (χ2n) is 5.88. The number of hydrogen-bond acceptors (Lipinski definition) is 7. The number of amides is 1. The molecule has 1 aliphatic heterocycles. The molecule has 3 rings (SSSR count). The number of carbonyl (C=O) groups excluding carboxylic acids is 1. The van der Waals surface area contributed by atoms with Gasteiger partial charge in [0.2, 0.25) is 11.8 Å². The van der Waals surface area contributed by atoms with Crippen molar-refractivity contribution in [2.45, 2.75) is 20.8 Å². The van der Waals surface area contributed by atoms with Crippen LogP contribution in [0.3, 0.4) is 0 Å². The van der Waals surface area contributed by atoms with Crippen LogP contribution in [0.25, 0.3) is 0 Å². The highest BCUT2D eigenvalue weighted by Crippen LogP contribution is 2.18. The lowest BCUT2D eigenvalue weighted by Crippen LogP contribution is -2.49. The third-order valence-electron chi connectivity index (χ3n) is 4.10. The number of rotatable bonds is 4. The van der Waals surface area contributed by atoms with E-state index in [2.05, 4.69) is 24.8 Å². The zero-order valence-electron chi connectivity index (χ0n) is 14.8. The number of aryl methyl sites for hydroxylation is 2. The van der Waals surface area contributed by atoms with E-state index < -0.39 is 0 Å². The zero-order chi connectivity index (χ0) is 17.8. The second-order valence-corrected chi connectivity index (χ2v) is 5.88. The molecule has 2 aromatic rings. The summed E-state index contributed by atoms with van der Waals surface area (Å²) in [5, 5.41) is 0. The molecule has 1 aliphatic rings. The van der Waals surface area contributed by atoms with Gasteiger partial charge in [0.05, 0.1) is 17.9 Å². The molecule has 0 radical (unpaired) electrons. The first-order valence-electron chi connectivity index (χ1n) is 8.37. The molecular formula is C17H22N6O2. The van der Waals surface area contributed by atoms with Crippen LogP contribution in [0.4, 0.5) is 5.95 Å². The molecule has 2 aromatic heterocycles. The fourth-order valence-electron chi connectivity index (χ4n) is 2.77. The maximum Gasteiger partial charge on any atom is 0.257 e. The van der Waals surface area contributed by atoms with Crippen molar-refractivity contribution in [1.82, 2.24) is 24.8 Å². The summed E-state index contributed by atoms with van der Waals surface area (Å²) in [5.74, 6) is 1.20. The van der Waals surface area contributed by atoms with Crippen molar-refractivity contribution in [2.24, 2.45) is 0 Å². The van der Waals surface area contributed by atoms with E-state index >= 15 is 0 Å². The standard InChI is InChI=1S/C17H22N6O2/c1-4-25-15-9-12(2)20-17(21-15)23-7-5-22(6-8-23)16(24)14-10-18-11-19-13(14)3/h9-11H,4-8H2,1-3H3. The number of carbonyl (C=O) groups is 1. The molecule has 1 saturated heterocycles. The summed E-state index contributed by atoms with van der Waals surface area (Å²) in [6.45, 7) is 8.80. The van der Waals surface area contributed by atoms with Crippen LogP contribution in [0, 0.1) is 13.8 Å². The monoisotopic (exact) mass is 342 g/mol. The Kier molecular flexibility index (Phi) is 5.06. The third-order valence-corrected chi connectivity index (χ3v) is 4.10. The average molecular weight is 342 g/mol. The van der Waals surface area contributed by atoms with E-state index in [1.807, 2.05) is 31.7 Å². The molecular weight excluding hydrogens is 320 g/mol. The fourth-order valence-corrected chi connectivity index (χ4v) is 2.77. The molecule has 1 amide bonds. The molecule has 0 N–H and O–H groups in total. The smallest absolute Gasteiger partial charge is 0.257 e. The second kappa shape index (κ2) is 7.42. The highest BCUT2D eigenvalue weighted by atomic mass is 16.5. The SMILES string of the molecule is CCOc1cc(C)nc(N2CCN(C(=O)c3cncnc3C)CC2)n1. The summed E-state index contributed by atoms with van der Waals surface area (Å²) in [6, 6.07) is 1.82. The van der Waals surface area contributed by atoms with Crippen LogP contribution in [-0.4, -0.2) is 63.5 Å². The molecule has 132 valence electrons. The summed E-state index contributed by atoms with van der Waals surface area (Å²) in [4.78, 5) is 33.5. The van der Waals surface area contributed by atoms with Gasteiger partial charge < -0.3 is 14.5 Å². The first-order chi connectivity index (χ1) is 12.1. The third kappa shape index (κ3) is 3.84. The Morgan fingerprint density at radius 3 is 2.64 bits per heavy atom. The quantitative estimate of drug-likeness (QED) is 0.826. The molecule has 1 fully saturated rings. The summed E-state index contributed by atoms with van der Waals surface area (Å²) in [7, 11) is 0. The summed E-state index contributed by atoms with van der Waals surface area (Å²) in [5.41, 5.74) is 2.12. The van der Waals surface area contributed by atoms with E-state index in [1.54, 1.807) is 6.20 Å². The molecule has 0 aromatic carbocycles. The molecule has 0 atom stereocenters. The van der Waals surface area contributed by atoms with Crippen molar-refractivity contribution in [3.63, 3.8) is 0 Å². The lowest BCUT2D eigenvalue weighted by molar-refractivity contribution is 0.0744. The molecule has 0 saturated carbocycles. The highest BCUT2D eigenvalue weighted by molar-refractivity contribution is 5.95. The largest absolute Gasteiger partial charge is 0.478 e. The maximum absolute atomic E-state index is 12.6. The molecule has 8 nitrogen and oxygen atoms in total. The molecule has 0 spiro atoms. The van der Waals surface area contributed by atoms with E-state index in [1.165, 1.54) is 6.33 Å². The number of anilines is 1. The van der Waals surface area contributed by atoms with Gasteiger partial charge >= 0.3 is 0 Å². The summed E-state index contributed by atoms with van der Waals surface area (Å²) in [6.07, 6.45) is 3.03. The predicted molar refractivity (Wildman–Crippen MR) is 92.8 cm³/mol. The number of aromatic nitrogens is 4. The van der Waals surface area contributed by atoms with Crippen molar-refractivity contribution >= 4 is 11.9 Å². The Labute approximate surface area is 146 Å². The minimum Gasteiger partial charge on any atom is -0.478 e. The molecule has 0 bridgehead atoms. The van der Waals surface area contributed by atoms with Crippen LogP contribution in [0.5, 0.6) is 5.88 Å². The number of piperazine rings is 1. The van der Waals surface area contributed by atoms with Crippen molar-refractivity contribution in [3.8, 4) is 5.88 Å². The number of nitrogens with zero attached hydrogens (tertiary/aromatic N) is 6. The number of ether oxygens (including phenoxy) is 1. The van der Waals surface area contributed by atoms with Crippen molar-refractivity contribution < 1.29 is 9.53 Å². The fraction of sp³-hybridized carbons (Fsp3) is 0.471. The Morgan fingerprint density at radius 2 is 1.96 bits per heavy atom. The van der Waals surface area contributed by atoms with Crippen LogP contribution < -0.4 is 9.64 Å². The van der Waals surface area contributed by atoms with Gasteiger partial charge in [-0.25, -0.2) is 15.0 Å². The van der Waals surface area contributed by atoms with Crippen molar-refractivity contribution in [2.75, 3.05) is 37.7 Å². The Hall–Kier alpha value is -2.77. The zero-order valence-corrected chi connectivity index (χ0v) is 14.8. The van der Waals surface area contributed by atoms with E-state index in [9.17, 15) is 4.79 Å². The molecule has 3 heterocycles. The van der Waals surface area contributed by atoms with Gasteiger partial charge in [-0.3, -0.25) is 4.79 Å². The van der Waals surface area contributed by atoms with Gasteiger partial charge in [0.1, 0.15) is 6.33 Å². The lowest BCUT2D eigenvalue weighted by atomic mass is 10.2. The van der Waals surface area contributed by atoms with Crippen LogP contribution >= 0.6 is 0 Å². The van der Waals surface area contributed by atoms with Gasteiger partial charge in [0.15, 0.2) is 0 Å². The Bertz CT molecular complexity index is 759. The summed E-state index contributed by atoms with van der Waals surface area (Å²) < 4.78 is 5.49. The van der Waals surface area contributed by atoms with Gasteiger partial charge in [0, 0.05) is 44.1 Å². The Balaban J connectivity index is 1.68. The summed E-state index contributed by atoms with van der Waals surface area (Å²) >= 11 is 0. The van der Waals surface area contributed by atoms with E-state index in [0.29, 0.717) is 55.9 Å². The molecule has 25 heavy (non-hydrogen) atoms. The molecule has 0 aliphatic carbocycles. The van der Waals surface area contributed by atoms with Crippen molar-refractivity contribution in [3.05, 3.63) is 35.5 Å². The molecule has 0 unspecified atom stereocenters. The van der Waals surface area contributed by atoms with Crippen molar-refractivity contribution in [1.29, 1.82) is 0 Å². The van der Waals surface area contributed by atoms with Gasteiger partial charge in [-0.15, -0.1) is 0 Å². The highest BCUT2D eigenvalue weighted by Gasteiger charge is 2.25. The molecule has 8 heteroatoms. The minimum atomic E-state index is -0.0297. The first-order valence-corrected chi connectivity index (χ1v) is 8.37. The number of hydrogen-bond donors (Lipinski definition) is 0. The average Bonchev–Trinajstić information content (AvgIpc) is 2.61. The van der Waals surface area contributed by atoms with E-state index in [4.69, 9.17) is 4.74 Å². The maximum atomic E-state index is 12.6. The van der Waals surface area contributed by atoms with Crippen LogP contribution in [0.1, 0.15) is 28.7 Å². The Morgan fingerprint density at radius 1 is 1.20 bits per heavy atom. The minimum absolute atomic E-state index is 0.0297. The normalized spacial score (nSPS) is 14.5. The van der Waals surface area contributed by atoms with Crippen LogP contribution in [0.15, 0.2) is 18.6 Å².